The molecule has 100 valence electrons. The molecule has 0 saturated heterocycles. The Labute approximate surface area is 107 Å². The number of hydrogen-bond donors (Lipinski definition) is 2. The zero-order valence-corrected chi connectivity index (χ0v) is 10.8. The van der Waals surface area contributed by atoms with Gasteiger partial charge in [-0.05, 0) is 12.1 Å². The highest BCUT2D eigenvalue weighted by Crippen LogP contribution is 2.15. The van der Waals surface area contributed by atoms with Gasteiger partial charge in [0.1, 0.15) is 5.75 Å². The molecule has 0 spiro atoms. The summed E-state index contributed by atoms with van der Waals surface area (Å²) in [6.45, 7) is 3.32. The molecule has 1 rings (SSSR count). The lowest BCUT2D eigenvalue weighted by atomic mass is 10.3. The number of hydrogen-bond acceptors (Lipinski definition) is 5. The lowest BCUT2D eigenvalue weighted by molar-refractivity contribution is 0.102. The van der Waals surface area contributed by atoms with Crippen molar-refractivity contribution in [1.82, 2.24) is 0 Å². The number of sulfone groups is 1. The van der Waals surface area contributed by atoms with Crippen LogP contribution in [0.4, 0.5) is 0 Å². The molecule has 0 amide bonds. The summed E-state index contributed by atoms with van der Waals surface area (Å²) in [6, 6.07) is 8.87. The van der Waals surface area contributed by atoms with Gasteiger partial charge in [0, 0.05) is 6.42 Å². The molecule has 0 fully saturated rings. The Bertz CT molecular complexity index is 482. The second-order valence-electron chi connectivity index (χ2n) is 3.83. The van der Waals surface area contributed by atoms with E-state index in [0.717, 1.165) is 0 Å². The molecule has 1 aromatic rings. The van der Waals surface area contributed by atoms with Crippen molar-refractivity contribution in [1.29, 1.82) is 0 Å². The van der Waals surface area contributed by atoms with E-state index in [4.69, 9.17) is 10.5 Å². The molecule has 5 nitrogen and oxygen atoms in total. The molecule has 0 aromatic heterocycles. The van der Waals surface area contributed by atoms with Gasteiger partial charge in [0.05, 0.1) is 12.4 Å². The monoisotopic (exact) mass is 271 g/mol. The van der Waals surface area contributed by atoms with Crippen LogP contribution in [0, 0.1) is 0 Å². The lowest BCUT2D eigenvalue weighted by Gasteiger charge is -2.22. The molecule has 0 aliphatic carbocycles. The third-order valence-corrected chi connectivity index (χ3v) is 4.30. The maximum atomic E-state index is 11.6. The van der Waals surface area contributed by atoms with Crippen LogP contribution in [0.1, 0.15) is 6.42 Å². The predicted octanol–water partition coefficient (Wildman–Crippen LogP) is 0.661. The Morgan fingerprint density at radius 1 is 1.39 bits per heavy atom. The zero-order valence-electron chi connectivity index (χ0n) is 9.95. The Hall–Kier alpha value is -1.37. The summed E-state index contributed by atoms with van der Waals surface area (Å²) < 4.78 is 28.5. The van der Waals surface area contributed by atoms with Crippen molar-refractivity contribution in [2.24, 2.45) is 5.73 Å². The first-order chi connectivity index (χ1) is 8.39. The number of ether oxygens (including phenoxy) is 1. The van der Waals surface area contributed by atoms with E-state index in [1.807, 2.05) is 6.07 Å². The minimum Gasteiger partial charge on any atom is -0.493 e. The Morgan fingerprint density at radius 2 is 2.00 bits per heavy atom. The van der Waals surface area contributed by atoms with E-state index in [2.05, 4.69) is 6.58 Å². The molecule has 1 unspecified atom stereocenters. The maximum absolute atomic E-state index is 11.6. The first kappa shape index (κ1) is 14.7. The van der Waals surface area contributed by atoms with E-state index in [1.54, 1.807) is 24.3 Å². The molecule has 0 saturated carbocycles. The van der Waals surface area contributed by atoms with Crippen molar-refractivity contribution in [3.63, 3.8) is 0 Å². The van der Waals surface area contributed by atoms with Crippen LogP contribution in [-0.2, 0) is 9.84 Å². The SMILES string of the molecule is C=CCS(=O)(=O)C(N)(O)CCOc1ccccc1. The van der Waals surface area contributed by atoms with Gasteiger partial charge < -0.3 is 9.84 Å². The Balaban J connectivity index is 2.55. The van der Waals surface area contributed by atoms with Crippen LogP contribution >= 0.6 is 0 Å². The number of nitrogens with two attached hydrogens (primary N) is 1. The van der Waals surface area contributed by atoms with Crippen LogP contribution < -0.4 is 10.5 Å². The van der Waals surface area contributed by atoms with Crippen LogP contribution in [0.5, 0.6) is 5.75 Å². The predicted molar refractivity (Wildman–Crippen MR) is 69.7 cm³/mol. The van der Waals surface area contributed by atoms with Gasteiger partial charge >= 0.3 is 0 Å². The molecule has 1 aromatic carbocycles. The molecule has 0 heterocycles. The smallest absolute Gasteiger partial charge is 0.221 e. The normalized spacial score (nSPS) is 14.8. The van der Waals surface area contributed by atoms with Crippen LogP contribution in [0.3, 0.4) is 0 Å². The van der Waals surface area contributed by atoms with Crippen molar-refractivity contribution in [2.45, 2.75) is 11.5 Å². The standard InChI is InChI=1S/C12H17NO4S/c1-2-10-18(15,16)12(13,14)8-9-17-11-6-4-3-5-7-11/h2-7,14H,1,8-10,13H2. The Kier molecular flexibility index (Phi) is 4.89. The molecule has 0 aliphatic heterocycles. The third-order valence-electron chi connectivity index (χ3n) is 2.35. The second kappa shape index (κ2) is 5.99. The Morgan fingerprint density at radius 3 is 2.56 bits per heavy atom. The quantitative estimate of drug-likeness (QED) is 0.561. The van der Waals surface area contributed by atoms with E-state index in [0.29, 0.717) is 5.75 Å². The average molecular weight is 271 g/mol. The van der Waals surface area contributed by atoms with E-state index >= 15 is 0 Å². The van der Waals surface area contributed by atoms with Crippen LogP contribution in [0.2, 0.25) is 0 Å². The van der Waals surface area contributed by atoms with Gasteiger partial charge in [0.25, 0.3) is 0 Å². The van der Waals surface area contributed by atoms with Gasteiger partial charge in [-0.2, -0.15) is 0 Å². The first-order valence-corrected chi connectivity index (χ1v) is 7.06. The fourth-order valence-electron chi connectivity index (χ4n) is 1.29. The van der Waals surface area contributed by atoms with Gasteiger partial charge in [-0.15, -0.1) is 6.58 Å². The van der Waals surface area contributed by atoms with E-state index in [-0.39, 0.29) is 18.8 Å². The summed E-state index contributed by atoms with van der Waals surface area (Å²) in [5.74, 6) is 0.222. The molecule has 0 bridgehead atoms. The van der Waals surface area contributed by atoms with Crippen LogP contribution in [-0.4, -0.2) is 30.9 Å². The van der Waals surface area contributed by atoms with Gasteiger partial charge in [-0.1, -0.05) is 24.3 Å². The maximum Gasteiger partial charge on any atom is 0.221 e. The topological polar surface area (TPSA) is 89.6 Å². The average Bonchev–Trinajstić information content (AvgIpc) is 2.30. The van der Waals surface area contributed by atoms with Crippen LogP contribution in [0.15, 0.2) is 43.0 Å². The van der Waals surface area contributed by atoms with Crippen molar-refractivity contribution in [2.75, 3.05) is 12.4 Å². The van der Waals surface area contributed by atoms with Crippen molar-refractivity contribution < 1.29 is 18.3 Å². The highest BCUT2D eigenvalue weighted by Gasteiger charge is 2.36. The lowest BCUT2D eigenvalue weighted by Crippen LogP contribution is -2.49. The van der Waals surface area contributed by atoms with Crippen LogP contribution in [0.25, 0.3) is 0 Å². The largest absolute Gasteiger partial charge is 0.493 e. The van der Waals surface area contributed by atoms with Gasteiger partial charge in [0.15, 0.2) is 9.84 Å². The highest BCUT2D eigenvalue weighted by molar-refractivity contribution is 7.92. The summed E-state index contributed by atoms with van der Waals surface area (Å²) in [7, 11) is -3.83. The molecule has 6 heteroatoms. The molecule has 0 aliphatic rings. The summed E-state index contributed by atoms with van der Waals surface area (Å²) in [5.41, 5.74) is 5.38. The third kappa shape index (κ3) is 3.83. The number of rotatable bonds is 7. The summed E-state index contributed by atoms with van der Waals surface area (Å²) in [6.07, 6.45) is 0.975. The highest BCUT2D eigenvalue weighted by atomic mass is 32.2. The second-order valence-corrected chi connectivity index (χ2v) is 6.10. The molecule has 18 heavy (non-hydrogen) atoms. The van der Waals surface area contributed by atoms with E-state index in [9.17, 15) is 13.5 Å². The number of para-hydroxylation sites is 1. The summed E-state index contributed by atoms with van der Waals surface area (Å²) in [5, 5.41) is 7.42. The summed E-state index contributed by atoms with van der Waals surface area (Å²) in [4.78, 5) is 0. The van der Waals surface area contributed by atoms with Gasteiger partial charge in [-0.3, -0.25) is 5.73 Å². The number of aliphatic hydroxyl groups is 1. The fourth-order valence-corrected chi connectivity index (χ4v) is 2.28. The summed E-state index contributed by atoms with van der Waals surface area (Å²) >= 11 is 0. The van der Waals surface area contributed by atoms with Crippen molar-refractivity contribution in [3.05, 3.63) is 43.0 Å². The van der Waals surface area contributed by atoms with Gasteiger partial charge in [-0.25, -0.2) is 8.42 Å². The molecular weight excluding hydrogens is 254 g/mol. The first-order valence-electron chi connectivity index (χ1n) is 5.41. The van der Waals surface area contributed by atoms with E-state index in [1.165, 1.54) is 6.08 Å². The van der Waals surface area contributed by atoms with Crippen molar-refractivity contribution in [3.8, 4) is 5.75 Å². The number of benzene rings is 1. The molecular formula is C12H17NO4S. The molecule has 1 atom stereocenters. The van der Waals surface area contributed by atoms with Crippen molar-refractivity contribution >= 4 is 9.84 Å². The molecule has 3 N–H and O–H groups in total. The fraction of sp³-hybridized carbons (Fsp3) is 0.333. The zero-order chi connectivity index (χ0) is 13.6. The van der Waals surface area contributed by atoms with Gasteiger partial charge in [0.2, 0.25) is 5.06 Å². The minimum atomic E-state index is -3.83. The molecule has 0 radical (unpaired) electrons. The minimum absolute atomic E-state index is 0.00733. The van der Waals surface area contributed by atoms with E-state index < -0.39 is 14.9 Å².